The molecular weight excluding hydrogens is 255 g/mol. The van der Waals surface area contributed by atoms with Crippen LogP contribution >= 0.6 is 11.6 Å². The number of nitrogens with one attached hydrogen (secondary N) is 1. The smallest absolute Gasteiger partial charge is 0.254 e. The van der Waals surface area contributed by atoms with E-state index in [0.29, 0.717) is 24.2 Å². The first-order valence-corrected chi connectivity index (χ1v) is 6.23. The van der Waals surface area contributed by atoms with Gasteiger partial charge in [0, 0.05) is 24.2 Å². The molecule has 1 aromatic rings. The van der Waals surface area contributed by atoms with Crippen LogP contribution in [0, 0.1) is 5.82 Å². The Kier molecular flexibility index (Phi) is 5.56. The summed E-state index contributed by atoms with van der Waals surface area (Å²) >= 11 is 5.73. The molecule has 0 bridgehead atoms. The standard InChI is InChI=1S/C13H18ClFN2O/c1-9(2)17(3)7-6-16-13(18)11-8-10(14)4-5-12(11)15/h4-5,8-9H,6-7H2,1-3H3,(H,16,18). The zero-order chi connectivity index (χ0) is 13.7. The lowest BCUT2D eigenvalue weighted by Gasteiger charge is -2.20. The predicted octanol–water partition coefficient (Wildman–Crippen LogP) is 2.55. The number of likely N-dealkylation sites (N-methyl/N-ethyl adjacent to an activating group) is 1. The quantitative estimate of drug-likeness (QED) is 0.893. The number of amides is 1. The highest BCUT2D eigenvalue weighted by molar-refractivity contribution is 6.30. The molecule has 0 aromatic heterocycles. The first kappa shape index (κ1) is 14.9. The Morgan fingerprint density at radius 3 is 2.78 bits per heavy atom. The van der Waals surface area contributed by atoms with Crippen molar-refractivity contribution >= 4 is 17.5 Å². The highest BCUT2D eigenvalue weighted by Gasteiger charge is 2.12. The largest absolute Gasteiger partial charge is 0.351 e. The molecule has 0 aliphatic rings. The molecule has 1 aromatic carbocycles. The molecule has 1 rings (SSSR count). The van der Waals surface area contributed by atoms with Crippen LogP contribution in [0.1, 0.15) is 24.2 Å². The number of benzene rings is 1. The first-order valence-electron chi connectivity index (χ1n) is 5.85. The lowest BCUT2D eigenvalue weighted by Crippen LogP contribution is -2.36. The topological polar surface area (TPSA) is 32.3 Å². The van der Waals surface area contributed by atoms with E-state index in [1.54, 1.807) is 0 Å². The van der Waals surface area contributed by atoms with Crippen molar-refractivity contribution in [2.24, 2.45) is 0 Å². The van der Waals surface area contributed by atoms with Gasteiger partial charge in [-0.3, -0.25) is 4.79 Å². The third kappa shape index (κ3) is 4.27. The minimum Gasteiger partial charge on any atom is -0.351 e. The molecule has 3 nitrogen and oxygen atoms in total. The minimum absolute atomic E-state index is 0.0188. The second-order valence-electron chi connectivity index (χ2n) is 4.45. The lowest BCUT2D eigenvalue weighted by molar-refractivity contribution is 0.0944. The third-order valence-electron chi connectivity index (χ3n) is 2.80. The summed E-state index contributed by atoms with van der Waals surface area (Å²) in [4.78, 5) is 13.8. The van der Waals surface area contributed by atoms with E-state index in [2.05, 4.69) is 24.1 Å². The molecule has 0 unspecified atom stereocenters. The molecule has 100 valence electrons. The van der Waals surface area contributed by atoms with Crippen LogP contribution in [-0.2, 0) is 0 Å². The molecule has 0 radical (unpaired) electrons. The van der Waals surface area contributed by atoms with Gasteiger partial charge < -0.3 is 10.2 Å². The number of hydrogen-bond acceptors (Lipinski definition) is 2. The second-order valence-corrected chi connectivity index (χ2v) is 4.89. The van der Waals surface area contributed by atoms with E-state index in [0.717, 1.165) is 0 Å². The number of carbonyl (C=O) groups excluding carboxylic acids is 1. The summed E-state index contributed by atoms with van der Waals surface area (Å²) in [6, 6.07) is 4.35. The number of halogens is 2. The van der Waals surface area contributed by atoms with Crippen LogP contribution in [0.4, 0.5) is 4.39 Å². The fourth-order valence-electron chi connectivity index (χ4n) is 1.37. The Hall–Kier alpha value is -1.13. The van der Waals surface area contributed by atoms with E-state index in [1.165, 1.54) is 18.2 Å². The molecule has 0 spiro atoms. The second kappa shape index (κ2) is 6.71. The van der Waals surface area contributed by atoms with Crippen molar-refractivity contribution in [1.29, 1.82) is 0 Å². The molecule has 0 aliphatic heterocycles. The van der Waals surface area contributed by atoms with Gasteiger partial charge in [0.05, 0.1) is 5.56 Å². The molecule has 5 heteroatoms. The number of carbonyl (C=O) groups is 1. The van der Waals surface area contributed by atoms with Crippen LogP contribution in [-0.4, -0.2) is 37.0 Å². The van der Waals surface area contributed by atoms with Gasteiger partial charge in [0.25, 0.3) is 5.91 Å². The van der Waals surface area contributed by atoms with Crippen molar-refractivity contribution in [2.45, 2.75) is 19.9 Å². The highest BCUT2D eigenvalue weighted by Crippen LogP contribution is 2.14. The van der Waals surface area contributed by atoms with Gasteiger partial charge in [0.1, 0.15) is 5.82 Å². The summed E-state index contributed by atoms with van der Waals surface area (Å²) in [5.74, 6) is -0.999. The lowest BCUT2D eigenvalue weighted by atomic mass is 10.2. The van der Waals surface area contributed by atoms with Crippen LogP contribution in [0.15, 0.2) is 18.2 Å². The molecular formula is C13H18ClFN2O. The maximum Gasteiger partial charge on any atom is 0.254 e. The predicted molar refractivity (Wildman–Crippen MR) is 71.5 cm³/mol. The average molecular weight is 273 g/mol. The van der Waals surface area contributed by atoms with Crippen LogP contribution in [0.2, 0.25) is 5.02 Å². The van der Waals surface area contributed by atoms with Gasteiger partial charge in [-0.25, -0.2) is 4.39 Å². The Morgan fingerprint density at radius 2 is 2.17 bits per heavy atom. The first-order chi connectivity index (χ1) is 8.41. The van der Waals surface area contributed by atoms with Gasteiger partial charge >= 0.3 is 0 Å². The van der Waals surface area contributed by atoms with Crippen LogP contribution in [0.3, 0.4) is 0 Å². The number of hydrogen-bond donors (Lipinski definition) is 1. The number of rotatable bonds is 5. The van der Waals surface area contributed by atoms with Crippen molar-refractivity contribution < 1.29 is 9.18 Å². The fourth-order valence-corrected chi connectivity index (χ4v) is 1.54. The zero-order valence-corrected chi connectivity index (χ0v) is 11.6. The van der Waals surface area contributed by atoms with Crippen LogP contribution in [0.5, 0.6) is 0 Å². The summed E-state index contributed by atoms with van der Waals surface area (Å²) in [6.07, 6.45) is 0. The third-order valence-corrected chi connectivity index (χ3v) is 3.04. The van der Waals surface area contributed by atoms with E-state index < -0.39 is 11.7 Å². The average Bonchev–Trinajstić information content (AvgIpc) is 2.31. The summed E-state index contributed by atoms with van der Waals surface area (Å²) in [7, 11) is 1.97. The zero-order valence-electron chi connectivity index (χ0n) is 10.8. The van der Waals surface area contributed by atoms with E-state index in [9.17, 15) is 9.18 Å². The molecule has 18 heavy (non-hydrogen) atoms. The molecule has 0 atom stereocenters. The van der Waals surface area contributed by atoms with E-state index in [-0.39, 0.29) is 5.56 Å². The maximum absolute atomic E-state index is 13.4. The molecule has 0 saturated heterocycles. The molecule has 0 heterocycles. The monoisotopic (exact) mass is 272 g/mol. The van der Waals surface area contributed by atoms with Crippen molar-refractivity contribution in [3.05, 3.63) is 34.6 Å². The molecule has 0 saturated carbocycles. The minimum atomic E-state index is -0.561. The van der Waals surface area contributed by atoms with Gasteiger partial charge in [-0.15, -0.1) is 0 Å². The van der Waals surface area contributed by atoms with Gasteiger partial charge in [-0.05, 0) is 39.1 Å². The van der Waals surface area contributed by atoms with Gasteiger partial charge in [-0.1, -0.05) is 11.6 Å². The van der Waals surface area contributed by atoms with E-state index in [1.807, 2.05) is 7.05 Å². The molecule has 1 amide bonds. The summed E-state index contributed by atoms with van der Waals surface area (Å²) < 4.78 is 13.4. The Morgan fingerprint density at radius 1 is 1.50 bits per heavy atom. The summed E-state index contributed by atoms with van der Waals surface area (Å²) in [5.41, 5.74) is -0.0188. The Balaban J connectivity index is 2.53. The van der Waals surface area contributed by atoms with Crippen molar-refractivity contribution in [2.75, 3.05) is 20.1 Å². The Bertz CT molecular complexity index is 423. The van der Waals surface area contributed by atoms with Gasteiger partial charge in [0.2, 0.25) is 0 Å². The normalized spacial score (nSPS) is 11.1. The molecule has 1 N–H and O–H groups in total. The fraction of sp³-hybridized carbons (Fsp3) is 0.462. The van der Waals surface area contributed by atoms with Gasteiger partial charge in [-0.2, -0.15) is 0 Å². The summed E-state index contributed by atoms with van der Waals surface area (Å²) in [6.45, 7) is 5.32. The van der Waals surface area contributed by atoms with E-state index >= 15 is 0 Å². The van der Waals surface area contributed by atoms with E-state index in [4.69, 9.17) is 11.6 Å². The summed E-state index contributed by atoms with van der Waals surface area (Å²) in [5, 5.41) is 3.02. The Labute approximate surface area is 112 Å². The highest BCUT2D eigenvalue weighted by atomic mass is 35.5. The van der Waals surface area contributed by atoms with Crippen molar-refractivity contribution in [1.82, 2.24) is 10.2 Å². The van der Waals surface area contributed by atoms with Crippen LogP contribution in [0.25, 0.3) is 0 Å². The van der Waals surface area contributed by atoms with Crippen LogP contribution < -0.4 is 5.32 Å². The van der Waals surface area contributed by atoms with Crippen molar-refractivity contribution in [3.63, 3.8) is 0 Å². The SMILES string of the molecule is CC(C)N(C)CCNC(=O)c1cc(Cl)ccc1F. The van der Waals surface area contributed by atoms with Gasteiger partial charge in [0.15, 0.2) is 0 Å². The molecule has 0 fully saturated rings. The maximum atomic E-state index is 13.4. The number of nitrogens with zero attached hydrogens (tertiary/aromatic N) is 1. The van der Waals surface area contributed by atoms with Crippen molar-refractivity contribution in [3.8, 4) is 0 Å². The molecule has 0 aliphatic carbocycles.